The van der Waals surface area contributed by atoms with Gasteiger partial charge in [-0.15, -0.1) is 0 Å². The van der Waals surface area contributed by atoms with Crippen molar-refractivity contribution in [3.8, 4) is 0 Å². The van der Waals surface area contributed by atoms with Crippen LogP contribution < -0.4 is 0 Å². The third kappa shape index (κ3) is 3.75. The van der Waals surface area contributed by atoms with E-state index >= 15 is 0 Å². The molecule has 0 atom stereocenters. The number of carboxylic acids is 1. The summed E-state index contributed by atoms with van der Waals surface area (Å²) in [7, 11) is 0. The molecule has 0 fully saturated rings. The summed E-state index contributed by atoms with van der Waals surface area (Å²) in [6.07, 6.45) is -0.712. The van der Waals surface area contributed by atoms with Gasteiger partial charge in [0, 0.05) is 12.0 Å². The first kappa shape index (κ1) is 15.6. The third-order valence-corrected chi connectivity index (χ3v) is 3.24. The van der Waals surface area contributed by atoms with Crippen molar-refractivity contribution in [2.24, 2.45) is 5.41 Å². The normalized spacial score (nSPS) is 12.8. The molecule has 4 heteroatoms. The van der Waals surface area contributed by atoms with Gasteiger partial charge in [-0.2, -0.15) is 0 Å². The lowest BCUT2D eigenvalue weighted by molar-refractivity contribution is -0.153. The van der Waals surface area contributed by atoms with E-state index in [9.17, 15) is 13.6 Å². The molecule has 106 valence electrons. The van der Waals surface area contributed by atoms with Crippen molar-refractivity contribution < 1.29 is 18.7 Å². The van der Waals surface area contributed by atoms with Crippen molar-refractivity contribution >= 4 is 5.97 Å². The second-order valence-electron chi connectivity index (χ2n) is 5.85. The Morgan fingerprint density at radius 3 is 2.05 bits per heavy atom. The fourth-order valence-electron chi connectivity index (χ4n) is 1.84. The first-order valence-corrected chi connectivity index (χ1v) is 6.28. The highest BCUT2D eigenvalue weighted by Gasteiger charge is 2.42. The minimum Gasteiger partial charge on any atom is -0.481 e. The van der Waals surface area contributed by atoms with E-state index in [1.54, 1.807) is 12.1 Å². The summed E-state index contributed by atoms with van der Waals surface area (Å²) >= 11 is 0. The Morgan fingerprint density at radius 1 is 1.21 bits per heavy atom. The highest BCUT2D eigenvalue weighted by atomic mass is 19.3. The van der Waals surface area contributed by atoms with Crippen LogP contribution in [0.2, 0.25) is 0 Å². The van der Waals surface area contributed by atoms with Crippen molar-refractivity contribution in [3.05, 3.63) is 35.4 Å². The van der Waals surface area contributed by atoms with E-state index < -0.39 is 23.7 Å². The van der Waals surface area contributed by atoms with Gasteiger partial charge >= 0.3 is 5.97 Å². The van der Waals surface area contributed by atoms with Crippen molar-refractivity contribution in [1.82, 2.24) is 0 Å². The lowest BCUT2D eigenvalue weighted by Crippen LogP contribution is -2.31. The molecule has 0 aliphatic heterocycles. The number of benzene rings is 1. The molecule has 0 saturated carbocycles. The van der Waals surface area contributed by atoms with Gasteiger partial charge in [0.2, 0.25) is 0 Å². The Labute approximate surface area is 112 Å². The van der Waals surface area contributed by atoms with E-state index in [1.807, 2.05) is 13.8 Å². The highest BCUT2D eigenvalue weighted by Crippen LogP contribution is 2.40. The minimum absolute atomic E-state index is 0.133. The Balaban J connectivity index is 2.97. The molecular formula is C15H20F2O2. The van der Waals surface area contributed by atoms with Crippen molar-refractivity contribution in [1.29, 1.82) is 0 Å². The molecule has 2 nitrogen and oxygen atoms in total. The summed E-state index contributed by atoms with van der Waals surface area (Å²) in [6.45, 7) is 6.60. The fraction of sp³-hybridized carbons (Fsp3) is 0.533. The van der Waals surface area contributed by atoms with Gasteiger partial charge in [-0.25, -0.2) is 8.78 Å². The van der Waals surface area contributed by atoms with E-state index in [0.717, 1.165) is 5.56 Å². The second-order valence-corrected chi connectivity index (χ2v) is 5.85. The van der Waals surface area contributed by atoms with Crippen LogP contribution in [0.3, 0.4) is 0 Å². The van der Waals surface area contributed by atoms with Gasteiger partial charge < -0.3 is 5.11 Å². The standard InChI is InChI=1S/C15H20F2O2/c1-10(2)11-5-7-12(8-6-11)15(16,17)9-14(3,4)13(18)19/h5-8,10H,9H2,1-4H3,(H,18,19). The van der Waals surface area contributed by atoms with Gasteiger partial charge in [0.15, 0.2) is 0 Å². The summed E-state index contributed by atoms with van der Waals surface area (Å²) in [4.78, 5) is 10.9. The summed E-state index contributed by atoms with van der Waals surface area (Å²) in [5.41, 5.74) is -0.608. The number of alkyl halides is 2. The van der Waals surface area contributed by atoms with E-state index in [2.05, 4.69) is 0 Å². The Morgan fingerprint density at radius 2 is 1.68 bits per heavy atom. The zero-order valence-electron chi connectivity index (χ0n) is 11.7. The molecule has 0 unspecified atom stereocenters. The molecule has 0 spiro atoms. The van der Waals surface area contributed by atoms with Crippen molar-refractivity contribution in [3.63, 3.8) is 0 Å². The van der Waals surface area contributed by atoms with Gasteiger partial charge in [0.1, 0.15) is 0 Å². The fourth-order valence-corrected chi connectivity index (χ4v) is 1.84. The van der Waals surface area contributed by atoms with E-state index in [1.165, 1.54) is 26.0 Å². The number of aliphatic carboxylic acids is 1. The molecule has 0 aromatic heterocycles. The number of halogens is 2. The van der Waals surface area contributed by atoms with E-state index in [-0.39, 0.29) is 11.5 Å². The maximum atomic E-state index is 14.1. The van der Waals surface area contributed by atoms with Gasteiger partial charge in [0.25, 0.3) is 5.92 Å². The van der Waals surface area contributed by atoms with E-state index in [4.69, 9.17) is 5.11 Å². The molecule has 0 aliphatic rings. The number of hydrogen-bond acceptors (Lipinski definition) is 1. The molecule has 1 aromatic carbocycles. The van der Waals surface area contributed by atoms with Crippen LogP contribution in [0, 0.1) is 5.41 Å². The SMILES string of the molecule is CC(C)c1ccc(C(F)(F)CC(C)(C)C(=O)O)cc1. The first-order chi connectivity index (χ1) is 8.56. The number of carboxylic acid groups (broad SMARTS) is 1. The zero-order valence-corrected chi connectivity index (χ0v) is 11.7. The summed E-state index contributed by atoms with van der Waals surface area (Å²) in [5.74, 6) is -4.08. The monoisotopic (exact) mass is 270 g/mol. The molecule has 0 bridgehead atoms. The topological polar surface area (TPSA) is 37.3 Å². The predicted molar refractivity (Wildman–Crippen MR) is 70.5 cm³/mol. The molecular weight excluding hydrogens is 250 g/mol. The molecule has 1 N–H and O–H groups in total. The first-order valence-electron chi connectivity index (χ1n) is 6.28. The van der Waals surface area contributed by atoms with Crippen LogP contribution in [0.1, 0.15) is 51.2 Å². The Kier molecular flexibility index (Phi) is 4.33. The largest absolute Gasteiger partial charge is 0.481 e. The van der Waals surface area contributed by atoms with Crippen molar-refractivity contribution in [2.45, 2.75) is 46.0 Å². The average Bonchev–Trinajstić information content (AvgIpc) is 2.27. The molecule has 0 saturated heterocycles. The van der Waals surface area contributed by atoms with Crippen LogP contribution in [0.15, 0.2) is 24.3 Å². The van der Waals surface area contributed by atoms with Crippen LogP contribution in [0.5, 0.6) is 0 Å². The number of hydrogen-bond donors (Lipinski definition) is 1. The molecule has 0 heterocycles. The van der Waals surface area contributed by atoms with E-state index in [0.29, 0.717) is 0 Å². The van der Waals surface area contributed by atoms with Crippen LogP contribution in [0.4, 0.5) is 8.78 Å². The predicted octanol–water partition coefficient (Wildman–Crippen LogP) is 4.40. The molecule has 1 aromatic rings. The van der Waals surface area contributed by atoms with Crippen LogP contribution in [0.25, 0.3) is 0 Å². The average molecular weight is 270 g/mol. The Bertz CT molecular complexity index is 448. The third-order valence-electron chi connectivity index (χ3n) is 3.24. The zero-order chi connectivity index (χ0) is 14.8. The summed E-state index contributed by atoms with van der Waals surface area (Å²) in [5, 5.41) is 8.94. The molecule has 0 amide bonds. The highest BCUT2D eigenvalue weighted by molar-refractivity contribution is 5.73. The summed E-state index contributed by atoms with van der Waals surface area (Å²) in [6, 6.07) is 6.10. The molecule has 0 radical (unpaired) electrons. The molecule has 0 aliphatic carbocycles. The maximum absolute atomic E-state index is 14.1. The smallest absolute Gasteiger partial charge is 0.309 e. The van der Waals surface area contributed by atoms with Gasteiger partial charge in [-0.05, 0) is 25.3 Å². The van der Waals surface area contributed by atoms with Crippen LogP contribution in [-0.4, -0.2) is 11.1 Å². The molecule has 1 rings (SSSR count). The van der Waals surface area contributed by atoms with Crippen molar-refractivity contribution in [2.75, 3.05) is 0 Å². The quantitative estimate of drug-likeness (QED) is 0.860. The maximum Gasteiger partial charge on any atom is 0.309 e. The Hall–Kier alpha value is -1.45. The van der Waals surface area contributed by atoms with Gasteiger partial charge in [-0.3, -0.25) is 4.79 Å². The van der Waals surface area contributed by atoms with Crippen LogP contribution >= 0.6 is 0 Å². The lowest BCUT2D eigenvalue weighted by Gasteiger charge is -2.26. The number of carbonyl (C=O) groups is 1. The summed E-state index contributed by atoms with van der Waals surface area (Å²) < 4.78 is 28.2. The number of rotatable bonds is 5. The lowest BCUT2D eigenvalue weighted by atomic mass is 9.84. The van der Waals surface area contributed by atoms with Gasteiger partial charge in [0.05, 0.1) is 5.41 Å². The second kappa shape index (κ2) is 5.27. The van der Waals surface area contributed by atoms with Crippen LogP contribution in [-0.2, 0) is 10.7 Å². The van der Waals surface area contributed by atoms with Gasteiger partial charge in [-0.1, -0.05) is 38.1 Å². The molecule has 19 heavy (non-hydrogen) atoms. The minimum atomic E-state index is -3.14.